The molecule has 0 bridgehead atoms. The highest BCUT2D eigenvalue weighted by Gasteiger charge is 2.27. The summed E-state index contributed by atoms with van der Waals surface area (Å²) < 4.78 is 17.9. The SMILES string of the molecule is c1ccc(-n2c3ccccc3c3c(-c4nc(-c5cccc6oc7ccccc7c56)nc(-c5c(-n6c7ccccc7c7cc8ccccc8cc76)ccc6oc7ccccc7c56)n4)cccc32)cc1. The van der Waals surface area contributed by atoms with Crippen molar-refractivity contribution in [2.24, 2.45) is 0 Å². The van der Waals surface area contributed by atoms with Crippen LogP contribution in [0.2, 0.25) is 0 Å². The fraction of sp³-hybridized carbons (Fsp3) is 0. The monoisotopic (exact) mass is 869 g/mol. The van der Waals surface area contributed by atoms with E-state index in [9.17, 15) is 0 Å². The van der Waals surface area contributed by atoms with Crippen molar-refractivity contribution < 1.29 is 8.83 Å². The molecule has 5 aromatic heterocycles. The van der Waals surface area contributed by atoms with Gasteiger partial charge in [-0.05, 0) is 83.6 Å². The normalized spacial score (nSPS) is 12.1. The van der Waals surface area contributed by atoms with Crippen LogP contribution in [-0.4, -0.2) is 24.1 Å². The standard InChI is InChI=1S/C61H35N5O2/c1-2-18-38(19-3-1)65-47-27-11-7-21-40(47)55-43(24-14-28-48(55)65)59-62-60(44-25-15-31-53-56(44)41-22-8-12-29-51(41)67-53)64-61(63-59)58-49(32-33-54-57(58)42-23-9-13-30-52(42)68-54)66-46-26-10-6-20-39(46)45-34-36-16-4-5-17-37(36)35-50(45)66/h1-35H. The van der Waals surface area contributed by atoms with Crippen LogP contribution in [-0.2, 0) is 0 Å². The lowest BCUT2D eigenvalue weighted by Crippen LogP contribution is -2.04. The summed E-state index contributed by atoms with van der Waals surface area (Å²) in [6.45, 7) is 0. The van der Waals surface area contributed by atoms with E-state index in [0.717, 1.165) is 116 Å². The fourth-order valence-electron chi connectivity index (χ4n) is 10.9. The maximum atomic E-state index is 6.70. The summed E-state index contributed by atoms with van der Waals surface area (Å²) in [6, 6.07) is 74.3. The second kappa shape index (κ2) is 14.1. The molecule has 15 aromatic rings. The van der Waals surface area contributed by atoms with Crippen molar-refractivity contribution in [2.75, 3.05) is 0 Å². The van der Waals surface area contributed by atoms with E-state index in [4.69, 9.17) is 23.8 Å². The zero-order valence-corrected chi connectivity index (χ0v) is 36.3. The number of fused-ring (bicyclic) bond motifs is 13. The van der Waals surface area contributed by atoms with E-state index in [2.05, 4.69) is 179 Å². The Labute approximate surface area is 387 Å². The summed E-state index contributed by atoms with van der Waals surface area (Å²) in [5.41, 5.74) is 12.0. The average molecular weight is 870 g/mol. The van der Waals surface area contributed by atoms with Crippen molar-refractivity contribution in [3.05, 3.63) is 212 Å². The van der Waals surface area contributed by atoms with Crippen LogP contribution in [0.5, 0.6) is 0 Å². The molecule has 0 unspecified atom stereocenters. The van der Waals surface area contributed by atoms with Crippen molar-refractivity contribution >= 4 is 98.3 Å². The summed E-state index contributed by atoms with van der Waals surface area (Å²) in [5, 5.41) is 10.7. The molecule has 0 spiro atoms. The van der Waals surface area contributed by atoms with E-state index >= 15 is 0 Å². The van der Waals surface area contributed by atoms with E-state index in [1.165, 1.54) is 10.8 Å². The lowest BCUT2D eigenvalue weighted by Gasteiger charge is -2.16. The Kier molecular flexibility index (Phi) is 7.65. The fourth-order valence-corrected chi connectivity index (χ4v) is 10.9. The van der Waals surface area contributed by atoms with Gasteiger partial charge in [0.05, 0.1) is 33.3 Å². The zero-order valence-electron chi connectivity index (χ0n) is 36.3. The largest absolute Gasteiger partial charge is 0.456 e. The molecule has 68 heavy (non-hydrogen) atoms. The topological polar surface area (TPSA) is 74.8 Å². The van der Waals surface area contributed by atoms with Crippen LogP contribution in [0.3, 0.4) is 0 Å². The number of benzene rings is 10. The summed E-state index contributed by atoms with van der Waals surface area (Å²) in [7, 11) is 0. The summed E-state index contributed by atoms with van der Waals surface area (Å²) >= 11 is 0. The molecule has 0 saturated carbocycles. The molecule has 0 aliphatic rings. The molecule has 0 amide bonds. The third-order valence-corrected chi connectivity index (χ3v) is 13.8. The Balaban J connectivity index is 1.11. The van der Waals surface area contributed by atoms with E-state index in [1.54, 1.807) is 0 Å². The van der Waals surface area contributed by atoms with Crippen LogP contribution in [0, 0.1) is 0 Å². The van der Waals surface area contributed by atoms with Gasteiger partial charge in [0.15, 0.2) is 17.5 Å². The number of para-hydroxylation sites is 5. The zero-order chi connectivity index (χ0) is 44.5. The second-order valence-corrected chi connectivity index (χ2v) is 17.5. The van der Waals surface area contributed by atoms with E-state index in [-0.39, 0.29) is 0 Å². The minimum Gasteiger partial charge on any atom is -0.456 e. The van der Waals surface area contributed by atoms with Crippen LogP contribution in [0.25, 0.3) is 144 Å². The van der Waals surface area contributed by atoms with Crippen LogP contribution >= 0.6 is 0 Å². The van der Waals surface area contributed by atoms with Gasteiger partial charge in [-0.1, -0.05) is 140 Å². The Hall–Kier alpha value is -9.33. The van der Waals surface area contributed by atoms with Gasteiger partial charge in [-0.2, -0.15) is 0 Å². The van der Waals surface area contributed by atoms with Crippen molar-refractivity contribution in [1.29, 1.82) is 0 Å². The highest BCUT2D eigenvalue weighted by atomic mass is 16.3. The van der Waals surface area contributed by atoms with Gasteiger partial charge in [0.1, 0.15) is 22.3 Å². The minimum absolute atomic E-state index is 0.525. The van der Waals surface area contributed by atoms with Gasteiger partial charge in [0.2, 0.25) is 0 Å². The highest BCUT2D eigenvalue weighted by Crippen LogP contribution is 2.46. The molecule has 0 aliphatic heterocycles. The first-order valence-electron chi connectivity index (χ1n) is 22.9. The Morgan fingerprint density at radius 3 is 1.59 bits per heavy atom. The molecule has 0 atom stereocenters. The van der Waals surface area contributed by atoms with Gasteiger partial charge < -0.3 is 18.0 Å². The van der Waals surface area contributed by atoms with Crippen LogP contribution in [0.15, 0.2) is 221 Å². The number of nitrogens with zero attached hydrogens (tertiary/aromatic N) is 5. The lowest BCUT2D eigenvalue weighted by atomic mass is 10.0. The molecule has 7 nitrogen and oxygen atoms in total. The maximum absolute atomic E-state index is 6.70. The van der Waals surface area contributed by atoms with Crippen molar-refractivity contribution in [3.8, 4) is 45.5 Å². The molecule has 7 heteroatoms. The van der Waals surface area contributed by atoms with Gasteiger partial charge >= 0.3 is 0 Å². The van der Waals surface area contributed by atoms with E-state index in [1.807, 2.05) is 42.5 Å². The molecule has 0 aliphatic carbocycles. The molecular formula is C61H35N5O2. The molecule has 0 fully saturated rings. The molecule has 316 valence electrons. The number of hydrogen-bond donors (Lipinski definition) is 0. The number of furan rings is 2. The smallest absolute Gasteiger partial charge is 0.166 e. The van der Waals surface area contributed by atoms with Crippen molar-refractivity contribution in [2.45, 2.75) is 0 Å². The predicted octanol–water partition coefficient (Wildman–Crippen LogP) is 16.0. The Morgan fingerprint density at radius 1 is 0.309 bits per heavy atom. The molecule has 5 heterocycles. The molecular weight excluding hydrogens is 835 g/mol. The van der Waals surface area contributed by atoms with Crippen LogP contribution in [0.4, 0.5) is 0 Å². The van der Waals surface area contributed by atoms with Crippen LogP contribution in [0.1, 0.15) is 0 Å². The molecule has 0 N–H and O–H groups in total. The van der Waals surface area contributed by atoms with E-state index < -0.39 is 0 Å². The molecule has 0 saturated heterocycles. The van der Waals surface area contributed by atoms with E-state index in [0.29, 0.717) is 17.5 Å². The maximum Gasteiger partial charge on any atom is 0.166 e. The number of hydrogen-bond acceptors (Lipinski definition) is 5. The highest BCUT2D eigenvalue weighted by molar-refractivity contribution is 6.19. The minimum atomic E-state index is 0.525. The number of aromatic nitrogens is 5. The first kappa shape index (κ1) is 36.9. The summed E-state index contributed by atoms with van der Waals surface area (Å²) in [4.78, 5) is 16.8. The van der Waals surface area contributed by atoms with Gasteiger partial charge in [0, 0.05) is 59.9 Å². The van der Waals surface area contributed by atoms with Gasteiger partial charge in [0.25, 0.3) is 0 Å². The third-order valence-electron chi connectivity index (χ3n) is 13.8. The van der Waals surface area contributed by atoms with Crippen molar-refractivity contribution in [3.63, 3.8) is 0 Å². The molecule has 0 radical (unpaired) electrons. The van der Waals surface area contributed by atoms with Gasteiger partial charge in [-0.3, -0.25) is 0 Å². The quantitative estimate of drug-likeness (QED) is 0.172. The predicted molar refractivity (Wildman–Crippen MR) is 277 cm³/mol. The molecule has 15 rings (SSSR count). The van der Waals surface area contributed by atoms with Gasteiger partial charge in [-0.25, -0.2) is 15.0 Å². The Bertz CT molecular complexity index is 4570. The van der Waals surface area contributed by atoms with Crippen molar-refractivity contribution in [1.82, 2.24) is 24.1 Å². The average Bonchev–Trinajstić information content (AvgIpc) is 4.15. The number of rotatable bonds is 5. The summed E-state index contributed by atoms with van der Waals surface area (Å²) in [5.74, 6) is 1.62. The first-order chi connectivity index (χ1) is 33.7. The second-order valence-electron chi connectivity index (χ2n) is 17.5. The lowest BCUT2D eigenvalue weighted by molar-refractivity contribution is 0.668. The first-order valence-corrected chi connectivity index (χ1v) is 22.9. The molecule has 10 aromatic carbocycles. The van der Waals surface area contributed by atoms with Crippen LogP contribution < -0.4 is 0 Å². The van der Waals surface area contributed by atoms with Gasteiger partial charge in [-0.15, -0.1) is 0 Å². The third kappa shape index (κ3) is 5.26. The summed E-state index contributed by atoms with van der Waals surface area (Å²) in [6.07, 6.45) is 0. The Morgan fingerprint density at radius 2 is 0.838 bits per heavy atom.